The van der Waals surface area contributed by atoms with Crippen LogP contribution in [0.15, 0.2) is 60.0 Å². The number of aryl methyl sites for hydroxylation is 2. The van der Waals surface area contributed by atoms with Crippen LogP contribution in [0.2, 0.25) is 0 Å². The Kier molecular flexibility index (Phi) is 6.41. The Labute approximate surface area is 170 Å². The van der Waals surface area contributed by atoms with Gasteiger partial charge in [-0.3, -0.25) is 9.36 Å². The summed E-state index contributed by atoms with van der Waals surface area (Å²) in [7, 11) is 4.02. The molecule has 5 nitrogen and oxygen atoms in total. The lowest BCUT2D eigenvalue weighted by atomic mass is 10.1. The van der Waals surface area contributed by atoms with Gasteiger partial charge >= 0.3 is 0 Å². The summed E-state index contributed by atoms with van der Waals surface area (Å²) in [5.41, 5.74) is 5.70. The molecule has 0 saturated carbocycles. The van der Waals surface area contributed by atoms with Crippen molar-refractivity contribution in [2.45, 2.75) is 25.5 Å². The van der Waals surface area contributed by atoms with Crippen LogP contribution in [0.3, 0.4) is 0 Å². The van der Waals surface area contributed by atoms with Crippen LogP contribution in [0.5, 0.6) is 0 Å². The molecule has 3 rings (SSSR count). The van der Waals surface area contributed by atoms with Crippen LogP contribution in [0.25, 0.3) is 5.69 Å². The topological polar surface area (TPSA) is 50.2 Å². The monoisotopic (exact) mass is 394 g/mol. The van der Waals surface area contributed by atoms with Gasteiger partial charge < -0.3 is 10.2 Å². The number of hydrogen-bond donors (Lipinski definition) is 1. The van der Waals surface area contributed by atoms with Crippen LogP contribution >= 0.6 is 11.8 Å². The largest absolute Gasteiger partial charge is 0.378 e. The minimum absolute atomic E-state index is 0.00259. The highest BCUT2D eigenvalue weighted by Crippen LogP contribution is 2.23. The van der Waals surface area contributed by atoms with Crippen molar-refractivity contribution in [1.82, 2.24) is 14.9 Å². The summed E-state index contributed by atoms with van der Waals surface area (Å²) in [5.74, 6) is 0.328. The van der Waals surface area contributed by atoms with Gasteiger partial charge in [-0.1, -0.05) is 36.0 Å². The van der Waals surface area contributed by atoms with Crippen LogP contribution in [-0.4, -0.2) is 35.3 Å². The summed E-state index contributed by atoms with van der Waals surface area (Å²) < 4.78 is 2.04. The number of imidazole rings is 1. The fourth-order valence-electron chi connectivity index (χ4n) is 2.85. The Morgan fingerprint density at radius 1 is 1.14 bits per heavy atom. The lowest BCUT2D eigenvalue weighted by Gasteiger charge is -2.13. The van der Waals surface area contributed by atoms with Crippen molar-refractivity contribution in [2.24, 2.45) is 0 Å². The van der Waals surface area contributed by atoms with E-state index in [4.69, 9.17) is 0 Å². The third-order valence-corrected chi connectivity index (χ3v) is 5.47. The molecule has 0 aliphatic rings. The minimum atomic E-state index is -0.00259. The number of nitrogens with zero attached hydrogens (tertiary/aromatic N) is 3. The molecule has 3 aromatic rings. The molecular formula is C22H26N4OS. The Hall–Kier alpha value is -2.73. The van der Waals surface area contributed by atoms with Crippen molar-refractivity contribution in [1.29, 1.82) is 0 Å². The van der Waals surface area contributed by atoms with Crippen molar-refractivity contribution < 1.29 is 4.79 Å². The van der Waals surface area contributed by atoms with E-state index in [1.54, 1.807) is 6.20 Å². The Bertz CT molecular complexity index is 947. The molecule has 0 aliphatic carbocycles. The van der Waals surface area contributed by atoms with Crippen molar-refractivity contribution in [2.75, 3.05) is 24.7 Å². The van der Waals surface area contributed by atoms with Crippen LogP contribution < -0.4 is 10.2 Å². The number of hydrogen-bond acceptors (Lipinski definition) is 4. The SMILES string of the molecule is Cc1ccc(C)c(-n2ccnc2SCC(=O)NCc2ccc(N(C)C)cc2)c1. The van der Waals surface area contributed by atoms with E-state index >= 15 is 0 Å². The van der Waals surface area contributed by atoms with Crippen LogP contribution in [0.1, 0.15) is 16.7 Å². The molecule has 146 valence electrons. The summed E-state index contributed by atoms with van der Waals surface area (Å²) >= 11 is 1.45. The molecule has 1 heterocycles. The van der Waals surface area contributed by atoms with Crippen molar-refractivity contribution >= 4 is 23.4 Å². The zero-order valence-electron chi connectivity index (χ0n) is 16.8. The van der Waals surface area contributed by atoms with Gasteiger partial charge in [-0.2, -0.15) is 0 Å². The molecule has 0 saturated heterocycles. The fourth-order valence-corrected chi connectivity index (χ4v) is 3.65. The average Bonchev–Trinajstić information content (AvgIpc) is 3.15. The summed E-state index contributed by atoms with van der Waals surface area (Å²) in [6, 6.07) is 14.5. The van der Waals surface area contributed by atoms with Crippen molar-refractivity contribution in [3.8, 4) is 5.69 Å². The lowest BCUT2D eigenvalue weighted by molar-refractivity contribution is -0.118. The summed E-state index contributed by atoms with van der Waals surface area (Å²) in [6.45, 7) is 4.68. The highest BCUT2D eigenvalue weighted by Gasteiger charge is 2.11. The predicted octanol–water partition coefficient (Wildman–Crippen LogP) is 3.96. The number of benzene rings is 2. The number of amides is 1. The van der Waals surface area contributed by atoms with E-state index in [0.717, 1.165) is 22.1 Å². The van der Waals surface area contributed by atoms with Crippen LogP contribution in [0.4, 0.5) is 5.69 Å². The van der Waals surface area contributed by atoms with Gasteiger partial charge in [0, 0.05) is 38.7 Å². The molecule has 0 spiro atoms. The van der Waals surface area contributed by atoms with Gasteiger partial charge in [0.15, 0.2) is 5.16 Å². The van der Waals surface area contributed by atoms with Crippen LogP contribution in [-0.2, 0) is 11.3 Å². The van der Waals surface area contributed by atoms with Gasteiger partial charge in [-0.05, 0) is 48.7 Å². The maximum Gasteiger partial charge on any atom is 0.230 e. The summed E-state index contributed by atoms with van der Waals surface area (Å²) in [4.78, 5) is 18.8. The van der Waals surface area contributed by atoms with E-state index in [0.29, 0.717) is 12.3 Å². The Balaban J connectivity index is 1.57. The zero-order chi connectivity index (χ0) is 20.1. The maximum atomic E-state index is 12.3. The quantitative estimate of drug-likeness (QED) is 0.616. The molecule has 0 radical (unpaired) electrons. The van der Waals surface area contributed by atoms with Gasteiger partial charge in [-0.25, -0.2) is 4.98 Å². The van der Waals surface area contributed by atoms with E-state index in [9.17, 15) is 4.79 Å². The smallest absolute Gasteiger partial charge is 0.230 e. The molecular weight excluding hydrogens is 368 g/mol. The van der Waals surface area contributed by atoms with Gasteiger partial charge in [-0.15, -0.1) is 0 Å². The van der Waals surface area contributed by atoms with Crippen molar-refractivity contribution in [3.63, 3.8) is 0 Å². The predicted molar refractivity (Wildman–Crippen MR) is 116 cm³/mol. The second-order valence-corrected chi connectivity index (χ2v) is 7.94. The second kappa shape index (κ2) is 8.97. The maximum absolute atomic E-state index is 12.3. The third-order valence-electron chi connectivity index (χ3n) is 4.51. The first-order valence-corrected chi connectivity index (χ1v) is 10.2. The highest BCUT2D eigenvalue weighted by molar-refractivity contribution is 7.99. The number of carbonyl (C=O) groups excluding carboxylic acids is 1. The number of thioether (sulfide) groups is 1. The first-order chi connectivity index (χ1) is 13.4. The summed E-state index contributed by atoms with van der Waals surface area (Å²) in [6.07, 6.45) is 3.71. The number of anilines is 1. The normalized spacial score (nSPS) is 10.7. The molecule has 0 unspecified atom stereocenters. The third kappa shape index (κ3) is 4.95. The molecule has 28 heavy (non-hydrogen) atoms. The number of rotatable bonds is 7. The molecule has 0 atom stereocenters. The molecule has 1 amide bonds. The van der Waals surface area contributed by atoms with Crippen LogP contribution in [0, 0.1) is 13.8 Å². The first kappa shape index (κ1) is 20.0. The van der Waals surface area contributed by atoms with Gasteiger partial charge in [0.25, 0.3) is 0 Å². The molecule has 1 aromatic heterocycles. The first-order valence-electron chi connectivity index (χ1n) is 9.21. The van der Waals surface area contributed by atoms with Gasteiger partial charge in [0.05, 0.1) is 11.4 Å². The number of aromatic nitrogens is 2. The Morgan fingerprint density at radius 3 is 2.61 bits per heavy atom. The van der Waals surface area contributed by atoms with Crippen molar-refractivity contribution in [3.05, 3.63) is 71.5 Å². The minimum Gasteiger partial charge on any atom is -0.378 e. The van der Waals surface area contributed by atoms with Gasteiger partial charge in [0.1, 0.15) is 0 Å². The van der Waals surface area contributed by atoms with Gasteiger partial charge in [0.2, 0.25) is 5.91 Å². The molecule has 0 bridgehead atoms. The number of nitrogens with one attached hydrogen (secondary N) is 1. The second-order valence-electron chi connectivity index (χ2n) is 7.00. The highest BCUT2D eigenvalue weighted by atomic mass is 32.2. The van der Waals surface area contributed by atoms with E-state index in [1.165, 1.54) is 22.9 Å². The number of carbonyl (C=O) groups is 1. The van der Waals surface area contributed by atoms with E-state index in [2.05, 4.69) is 59.4 Å². The van der Waals surface area contributed by atoms with E-state index in [-0.39, 0.29) is 5.91 Å². The molecule has 0 fully saturated rings. The Morgan fingerprint density at radius 2 is 1.89 bits per heavy atom. The molecule has 1 N–H and O–H groups in total. The molecule has 2 aromatic carbocycles. The summed E-state index contributed by atoms with van der Waals surface area (Å²) in [5, 5.41) is 3.80. The fraction of sp³-hybridized carbons (Fsp3) is 0.273. The average molecular weight is 395 g/mol. The molecule has 0 aliphatic heterocycles. The van der Waals surface area contributed by atoms with E-state index in [1.807, 2.05) is 37.0 Å². The van der Waals surface area contributed by atoms with E-state index < -0.39 is 0 Å². The lowest BCUT2D eigenvalue weighted by Crippen LogP contribution is -2.24. The standard InChI is InChI=1S/C22H26N4OS/c1-16-5-6-17(2)20(13-16)26-12-11-23-22(26)28-15-21(27)24-14-18-7-9-19(10-8-18)25(3)4/h5-13H,14-15H2,1-4H3,(H,24,27). The zero-order valence-corrected chi connectivity index (χ0v) is 17.6. The molecule has 6 heteroatoms.